The summed E-state index contributed by atoms with van der Waals surface area (Å²) >= 11 is 12.3. The highest BCUT2D eigenvalue weighted by Crippen LogP contribution is 2.35. The average Bonchev–Trinajstić information content (AvgIpc) is 3.46. The van der Waals surface area contributed by atoms with Crippen LogP contribution in [0.3, 0.4) is 0 Å². The van der Waals surface area contributed by atoms with Gasteiger partial charge < -0.3 is 19.4 Å². The molecule has 10 heteroatoms. The SMILES string of the molecule is CN(C(=O)Oc1ccc(F)cc1)C1CN(C(=O)CCN2CCCC2=O)CC1c1ccc(Cl)c(Cl)c1. The second-order valence-electron chi connectivity index (χ2n) is 8.81. The summed E-state index contributed by atoms with van der Waals surface area (Å²) < 4.78 is 18.6. The number of likely N-dealkylation sites (N-methyl/N-ethyl adjacent to an activating group) is 1. The monoisotopic (exact) mass is 521 g/mol. The van der Waals surface area contributed by atoms with E-state index in [0.29, 0.717) is 42.6 Å². The first-order valence-corrected chi connectivity index (χ1v) is 12.2. The molecular weight excluding hydrogens is 496 g/mol. The molecule has 2 atom stereocenters. The highest BCUT2D eigenvalue weighted by Gasteiger charge is 2.40. The van der Waals surface area contributed by atoms with Crippen molar-refractivity contribution in [3.8, 4) is 5.75 Å². The van der Waals surface area contributed by atoms with E-state index in [9.17, 15) is 18.8 Å². The van der Waals surface area contributed by atoms with Crippen molar-refractivity contribution >= 4 is 41.1 Å². The molecule has 2 heterocycles. The molecule has 2 saturated heterocycles. The second kappa shape index (κ2) is 10.8. The van der Waals surface area contributed by atoms with Gasteiger partial charge in [-0.1, -0.05) is 29.3 Å². The van der Waals surface area contributed by atoms with Crippen LogP contribution in [0.5, 0.6) is 5.75 Å². The molecule has 7 nitrogen and oxygen atoms in total. The number of ether oxygens (including phenoxy) is 1. The minimum Gasteiger partial charge on any atom is -0.410 e. The molecule has 2 unspecified atom stereocenters. The Morgan fingerprint density at radius 2 is 1.86 bits per heavy atom. The summed E-state index contributed by atoms with van der Waals surface area (Å²) in [5.74, 6) is -0.450. The minimum atomic E-state index is -0.622. The third-order valence-electron chi connectivity index (χ3n) is 6.58. The molecule has 186 valence electrons. The van der Waals surface area contributed by atoms with Gasteiger partial charge in [0, 0.05) is 52.0 Å². The lowest BCUT2D eigenvalue weighted by Crippen LogP contribution is -2.43. The van der Waals surface area contributed by atoms with Gasteiger partial charge in [0.15, 0.2) is 0 Å². The number of rotatable bonds is 6. The molecule has 2 aliphatic heterocycles. The van der Waals surface area contributed by atoms with E-state index in [1.54, 1.807) is 29.0 Å². The second-order valence-corrected chi connectivity index (χ2v) is 9.63. The Labute approximate surface area is 213 Å². The van der Waals surface area contributed by atoms with Crippen molar-refractivity contribution in [1.29, 1.82) is 0 Å². The molecule has 3 amide bonds. The highest BCUT2D eigenvalue weighted by molar-refractivity contribution is 6.42. The normalized spacial score (nSPS) is 19.8. The van der Waals surface area contributed by atoms with E-state index < -0.39 is 18.0 Å². The topological polar surface area (TPSA) is 70.2 Å². The van der Waals surface area contributed by atoms with Gasteiger partial charge in [-0.05, 0) is 48.4 Å². The lowest BCUT2D eigenvalue weighted by atomic mass is 9.93. The highest BCUT2D eigenvalue weighted by atomic mass is 35.5. The average molecular weight is 522 g/mol. The quantitative estimate of drug-likeness (QED) is 0.558. The number of hydrogen-bond donors (Lipinski definition) is 0. The van der Waals surface area contributed by atoms with Crippen LogP contribution in [0.2, 0.25) is 10.0 Å². The zero-order chi connectivity index (χ0) is 25.1. The zero-order valence-electron chi connectivity index (χ0n) is 19.3. The number of nitrogens with zero attached hydrogens (tertiary/aromatic N) is 3. The molecule has 0 spiro atoms. The molecule has 2 aliphatic rings. The van der Waals surface area contributed by atoms with Crippen molar-refractivity contribution in [1.82, 2.24) is 14.7 Å². The Morgan fingerprint density at radius 1 is 1.11 bits per heavy atom. The van der Waals surface area contributed by atoms with Gasteiger partial charge in [-0.25, -0.2) is 9.18 Å². The first-order valence-electron chi connectivity index (χ1n) is 11.4. The van der Waals surface area contributed by atoms with E-state index in [4.69, 9.17) is 27.9 Å². The van der Waals surface area contributed by atoms with Crippen molar-refractivity contribution in [2.24, 2.45) is 0 Å². The molecular formula is C25H26Cl2FN3O4. The summed E-state index contributed by atoms with van der Waals surface area (Å²) in [5.41, 5.74) is 0.843. The minimum absolute atomic E-state index is 0.0778. The van der Waals surface area contributed by atoms with Crippen LogP contribution in [0.25, 0.3) is 0 Å². The number of hydrogen-bond acceptors (Lipinski definition) is 4. The van der Waals surface area contributed by atoms with Gasteiger partial charge in [0.25, 0.3) is 0 Å². The van der Waals surface area contributed by atoms with Gasteiger partial charge in [-0.3, -0.25) is 9.59 Å². The van der Waals surface area contributed by atoms with Crippen LogP contribution in [0.15, 0.2) is 42.5 Å². The Balaban J connectivity index is 1.50. The molecule has 0 saturated carbocycles. The fourth-order valence-corrected chi connectivity index (χ4v) is 4.90. The third-order valence-corrected chi connectivity index (χ3v) is 7.32. The summed E-state index contributed by atoms with van der Waals surface area (Å²) in [6.07, 6.45) is 0.944. The van der Waals surface area contributed by atoms with Gasteiger partial charge in [0.2, 0.25) is 11.8 Å². The van der Waals surface area contributed by atoms with E-state index in [2.05, 4.69) is 0 Å². The molecule has 2 aromatic carbocycles. The number of benzene rings is 2. The Morgan fingerprint density at radius 3 is 2.51 bits per heavy atom. The largest absolute Gasteiger partial charge is 0.415 e. The van der Waals surface area contributed by atoms with Crippen molar-refractivity contribution in [2.45, 2.75) is 31.2 Å². The molecule has 0 aliphatic carbocycles. The lowest BCUT2D eigenvalue weighted by Gasteiger charge is -2.28. The first kappa shape index (κ1) is 25.3. The molecule has 0 bridgehead atoms. The van der Waals surface area contributed by atoms with Crippen LogP contribution < -0.4 is 4.74 Å². The molecule has 2 aromatic rings. The van der Waals surface area contributed by atoms with E-state index in [1.807, 2.05) is 6.07 Å². The fourth-order valence-electron chi connectivity index (χ4n) is 4.59. The molecule has 0 aromatic heterocycles. The van der Waals surface area contributed by atoms with E-state index in [-0.39, 0.29) is 29.9 Å². The van der Waals surface area contributed by atoms with Crippen LogP contribution in [-0.4, -0.2) is 71.9 Å². The number of carbonyl (C=O) groups is 3. The Bertz CT molecular complexity index is 1110. The zero-order valence-corrected chi connectivity index (χ0v) is 20.8. The third kappa shape index (κ3) is 5.87. The predicted molar refractivity (Wildman–Crippen MR) is 130 cm³/mol. The molecule has 35 heavy (non-hydrogen) atoms. The van der Waals surface area contributed by atoms with Crippen LogP contribution in [-0.2, 0) is 9.59 Å². The van der Waals surface area contributed by atoms with Crippen molar-refractivity contribution in [3.63, 3.8) is 0 Å². The summed E-state index contributed by atoms with van der Waals surface area (Å²) in [4.78, 5) is 42.7. The summed E-state index contributed by atoms with van der Waals surface area (Å²) in [7, 11) is 1.61. The van der Waals surface area contributed by atoms with Gasteiger partial charge in [-0.15, -0.1) is 0 Å². The summed E-state index contributed by atoms with van der Waals surface area (Å²) in [6, 6.07) is 10.1. The van der Waals surface area contributed by atoms with Gasteiger partial charge in [0.05, 0.1) is 16.1 Å². The number of carbonyl (C=O) groups excluding carboxylic acids is 3. The number of likely N-dealkylation sites (tertiary alicyclic amines) is 2. The van der Waals surface area contributed by atoms with E-state index in [1.165, 1.54) is 29.2 Å². The van der Waals surface area contributed by atoms with Crippen molar-refractivity contribution in [3.05, 3.63) is 63.9 Å². The maximum Gasteiger partial charge on any atom is 0.415 e. The lowest BCUT2D eigenvalue weighted by molar-refractivity contribution is -0.132. The van der Waals surface area contributed by atoms with Crippen LogP contribution >= 0.6 is 23.2 Å². The molecule has 0 N–H and O–H groups in total. The molecule has 0 radical (unpaired) electrons. The first-order chi connectivity index (χ1) is 16.7. The summed E-state index contributed by atoms with van der Waals surface area (Å²) in [5, 5.41) is 0.800. The maximum absolute atomic E-state index is 13.2. The van der Waals surface area contributed by atoms with E-state index >= 15 is 0 Å². The number of amides is 3. The van der Waals surface area contributed by atoms with Crippen LogP contribution in [0.4, 0.5) is 9.18 Å². The Hall–Kier alpha value is -2.84. The molecule has 2 fully saturated rings. The van der Waals surface area contributed by atoms with Gasteiger partial charge >= 0.3 is 6.09 Å². The van der Waals surface area contributed by atoms with Crippen LogP contribution in [0.1, 0.15) is 30.7 Å². The van der Waals surface area contributed by atoms with Gasteiger partial charge in [-0.2, -0.15) is 0 Å². The molecule has 4 rings (SSSR count). The predicted octanol–water partition coefficient (Wildman–Crippen LogP) is 4.57. The van der Waals surface area contributed by atoms with Gasteiger partial charge in [0.1, 0.15) is 11.6 Å². The standard InChI is InChI=1S/C25H26Cl2FN3O4/c1-29(25(34)35-18-7-5-17(28)6-8-18)22-15-31(24(33)10-12-30-11-2-3-23(30)32)14-19(22)16-4-9-20(26)21(27)13-16/h4-9,13,19,22H,2-3,10-12,14-15H2,1H3. The smallest absolute Gasteiger partial charge is 0.410 e. The summed E-state index contributed by atoms with van der Waals surface area (Å²) in [6.45, 7) is 1.74. The van der Waals surface area contributed by atoms with Crippen molar-refractivity contribution in [2.75, 3.05) is 33.2 Å². The Kier molecular flexibility index (Phi) is 7.82. The fraction of sp³-hybridized carbons (Fsp3) is 0.400. The van der Waals surface area contributed by atoms with Crippen LogP contribution in [0, 0.1) is 5.82 Å². The van der Waals surface area contributed by atoms with Crippen molar-refractivity contribution < 1.29 is 23.5 Å². The number of halogens is 3. The maximum atomic E-state index is 13.2. The van der Waals surface area contributed by atoms with E-state index in [0.717, 1.165) is 12.0 Å².